The molecule has 0 N–H and O–H groups in total. The lowest BCUT2D eigenvalue weighted by atomic mass is 9.97. The smallest absolute Gasteiger partial charge is 0.145 e. The number of aryl methyl sites for hydroxylation is 5. The molecule has 218 valence electrons. The van der Waals surface area contributed by atoms with E-state index in [2.05, 4.69) is 153 Å². The van der Waals surface area contributed by atoms with E-state index < -0.39 is 0 Å². The summed E-state index contributed by atoms with van der Waals surface area (Å²) in [5, 5.41) is 6.46. The SMILES string of the molecule is CCc1cccc(N2c3c4cc(C)ccc4n4c5ccccc5c5cccc(C)c5c5cc(C)cc(C)c5n(c34)[C@@H]2C)c1C. The minimum atomic E-state index is 0.0554. The number of para-hydroxylation sites is 1. The van der Waals surface area contributed by atoms with Crippen LogP contribution in [-0.2, 0) is 6.42 Å². The maximum atomic E-state index is 2.64. The molecule has 1 aliphatic rings. The number of hydrogen-bond donors (Lipinski definition) is 0. The lowest BCUT2D eigenvalue weighted by molar-refractivity contribution is 0.611. The van der Waals surface area contributed by atoms with Gasteiger partial charge < -0.3 is 9.47 Å². The van der Waals surface area contributed by atoms with Crippen LogP contribution in [0.25, 0.3) is 49.1 Å². The summed E-state index contributed by atoms with van der Waals surface area (Å²) >= 11 is 0. The largest absolute Gasteiger partial charge is 0.316 e. The van der Waals surface area contributed by atoms with Gasteiger partial charge in [-0.1, -0.05) is 78.7 Å². The fraction of sp³-hybridized carbons (Fsp3) is 0.220. The summed E-state index contributed by atoms with van der Waals surface area (Å²) in [5.74, 6) is 0. The normalized spacial score (nSPS) is 14.5. The first kappa shape index (κ1) is 26.8. The third kappa shape index (κ3) is 3.56. The van der Waals surface area contributed by atoms with E-state index in [9.17, 15) is 0 Å². The highest BCUT2D eigenvalue weighted by Crippen LogP contribution is 2.51. The van der Waals surface area contributed by atoms with E-state index in [1.54, 1.807) is 0 Å². The second kappa shape index (κ2) is 9.62. The molecule has 0 bridgehead atoms. The molecule has 3 nitrogen and oxygen atoms in total. The molecule has 0 saturated heterocycles. The summed E-state index contributed by atoms with van der Waals surface area (Å²) < 4.78 is 5.20. The molecule has 1 aliphatic heterocycles. The van der Waals surface area contributed by atoms with Crippen LogP contribution >= 0.6 is 0 Å². The van der Waals surface area contributed by atoms with Gasteiger partial charge in [-0.25, -0.2) is 0 Å². The summed E-state index contributed by atoms with van der Waals surface area (Å²) in [4.78, 5) is 2.62. The van der Waals surface area contributed by atoms with Gasteiger partial charge in [0.1, 0.15) is 11.8 Å². The van der Waals surface area contributed by atoms with E-state index in [4.69, 9.17) is 0 Å². The fourth-order valence-electron chi connectivity index (χ4n) is 8.10. The number of hydrogen-bond acceptors (Lipinski definition) is 1. The van der Waals surface area contributed by atoms with Crippen LogP contribution in [0.4, 0.5) is 11.4 Å². The predicted octanol–water partition coefficient (Wildman–Crippen LogP) is 11.3. The van der Waals surface area contributed by atoms with Gasteiger partial charge in [0.25, 0.3) is 0 Å². The van der Waals surface area contributed by atoms with Crippen LogP contribution in [0.5, 0.6) is 0 Å². The third-order valence-electron chi connectivity index (χ3n) is 10.0. The summed E-state index contributed by atoms with van der Waals surface area (Å²) in [5.41, 5.74) is 15.5. The Hall–Kier alpha value is -4.76. The highest BCUT2D eigenvalue weighted by molar-refractivity contribution is 6.18. The van der Waals surface area contributed by atoms with Gasteiger partial charge in [-0.15, -0.1) is 0 Å². The second-order valence-electron chi connectivity index (χ2n) is 12.8. The van der Waals surface area contributed by atoms with Gasteiger partial charge >= 0.3 is 0 Å². The number of aromatic nitrogens is 2. The Bertz CT molecular complexity index is 2400. The van der Waals surface area contributed by atoms with Crippen LogP contribution in [0.3, 0.4) is 0 Å². The molecule has 3 heteroatoms. The van der Waals surface area contributed by atoms with E-state index in [0.29, 0.717) is 0 Å². The molecule has 0 unspecified atom stereocenters. The molecule has 44 heavy (non-hydrogen) atoms. The minimum Gasteiger partial charge on any atom is -0.316 e. The first-order valence-electron chi connectivity index (χ1n) is 15.9. The fourth-order valence-corrected chi connectivity index (χ4v) is 8.10. The molecule has 0 amide bonds. The topological polar surface area (TPSA) is 12.6 Å². The Kier molecular flexibility index (Phi) is 5.87. The van der Waals surface area contributed by atoms with E-state index in [-0.39, 0.29) is 6.17 Å². The second-order valence-corrected chi connectivity index (χ2v) is 12.8. The van der Waals surface area contributed by atoms with Crippen molar-refractivity contribution >= 4 is 60.5 Å². The zero-order valence-electron chi connectivity index (χ0n) is 26.8. The Morgan fingerprint density at radius 3 is 2.18 bits per heavy atom. The zero-order chi connectivity index (χ0) is 30.4. The van der Waals surface area contributed by atoms with Crippen molar-refractivity contribution in [3.05, 3.63) is 124 Å². The van der Waals surface area contributed by atoms with Gasteiger partial charge in [-0.2, -0.15) is 0 Å². The van der Waals surface area contributed by atoms with Crippen molar-refractivity contribution in [3.63, 3.8) is 0 Å². The van der Waals surface area contributed by atoms with Crippen LogP contribution in [0.15, 0.2) is 91.0 Å². The van der Waals surface area contributed by atoms with Gasteiger partial charge in [0.2, 0.25) is 0 Å². The van der Waals surface area contributed by atoms with Crippen LogP contribution in [0.2, 0.25) is 0 Å². The van der Waals surface area contributed by atoms with Crippen LogP contribution in [-0.4, -0.2) is 8.97 Å². The van der Waals surface area contributed by atoms with Crippen molar-refractivity contribution in [2.45, 2.75) is 61.1 Å². The third-order valence-corrected chi connectivity index (χ3v) is 10.0. The number of nitrogens with zero attached hydrogens (tertiary/aromatic N) is 3. The van der Waals surface area contributed by atoms with Gasteiger partial charge in [-0.05, 0) is 111 Å². The molecule has 0 radical (unpaired) electrons. The van der Waals surface area contributed by atoms with Crippen LogP contribution in [0, 0.1) is 34.6 Å². The van der Waals surface area contributed by atoms with Gasteiger partial charge in [0, 0.05) is 21.8 Å². The average molecular weight is 574 g/mol. The maximum absolute atomic E-state index is 2.64. The first-order valence-corrected chi connectivity index (χ1v) is 15.9. The van der Waals surface area contributed by atoms with Gasteiger partial charge in [0.05, 0.1) is 22.2 Å². The summed E-state index contributed by atoms with van der Waals surface area (Å²) in [6.07, 6.45) is 1.07. The van der Waals surface area contributed by atoms with Crippen molar-refractivity contribution in [1.29, 1.82) is 0 Å². The van der Waals surface area contributed by atoms with Crippen LogP contribution in [0.1, 0.15) is 53.4 Å². The standard InChI is InChI=1S/C41H39N3/c1-8-30-14-12-18-35(28(30)6)42-29(7)43-39-27(5)21-25(3)23-34(39)38-26(4)13-11-16-32(38)31-15-9-10-17-36(31)44-37-20-19-24(2)22-33(37)40(42)41(43)44/h9-23,29H,8H2,1-7H3/t29-/m1/s1. The molecule has 3 heterocycles. The lowest BCUT2D eigenvalue weighted by Crippen LogP contribution is -2.22. The van der Waals surface area contributed by atoms with Gasteiger partial charge in [0.15, 0.2) is 0 Å². The molecule has 0 saturated carbocycles. The van der Waals surface area contributed by atoms with Crippen molar-refractivity contribution in [1.82, 2.24) is 8.97 Å². The highest BCUT2D eigenvalue weighted by Gasteiger charge is 2.35. The Morgan fingerprint density at radius 1 is 0.636 bits per heavy atom. The monoisotopic (exact) mass is 573 g/mol. The zero-order valence-corrected chi connectivity index (χ0v) is 26.8. The molecular formula is C41H39N3. The number of fused-ring (bicyclic) bond motifs is 10. The molecule has 0 aliphatic carbocycles. The highest BCUT2D eigenvalue weighted by atomic mass is 15.4. The average Bonchev–Trinajstić information content (AvgIpc) is 3.48. The number of rotatable bonds is 2. The molecule has 0 spiro atoms. The minimum absolute atomic E-state index is 0.0554. The van der Waals surface area contributed by atoms with Crippen molar-refractivity contribution in [2.24, 2.45) is 0 Å². The number of benzene rings is 5. The Balaban J connectivity index is 1.77. The molecule has 7 aromatic rings. The molecule has 0 fully saturated rings. The van der Waals surface area contributed by atoms with Crippen molar-refractivity contribution in [2.75, 3.05) is 4.90 Å². The summed E-state index contributed by atoms with van der Waals surface area (Å²) in [7, 11) is 0. The van der Waals surface area contributed by atoms with E-state index in [1.165, 1.54) is 93.9 Å². The summed E-state index contributed by atoms with van der Waals surface area (Å²) in [6.45, 7) is 16.0. The van der Waals surface area contributed by atoms with Crippen molar-refractivity contribution < 1.29 is 0 Å². The van der Waals surface area contributed by atoms with Crippen molar-refractivity contribution in [3.8, 4) is 0 Å². The van der Waals surface area contributed by atoms with Crippen LogP contribution < -0.4 is 4.90 Å². The first-order chi connectivity index (χ1) is 21.3. The summed E-state index contributed by atoms with van der Waals surface area (Å²) in [6, 6.07) is 34.4. The predicted molar refractivity (Wildman–Crippen MR) is 189 cm³/mol. The quantitative estimate of drug-likeness (QED) is 0.200. The molecule has 5 aromatic carbocycles. The number of anilines is 2. The molecule has 1 atom stereocenters. The molecule has 2 aromatic heterocycles. The maximum Gasteiger partial charge on any atom is 0.145 e. The van der Waals surface area contributed by atoms with E-state index in [0.717, 1.165) is 6.42 Å². The van der Waals surface area contributed by atoms with E-state index >= 15 is 0 Å². The Morgan fingerprint density at radius 2 is 1.36 bits per heavy atom. The molecular weight excluding hydrogens is 534 g/mol. The van der Waals surface area contributed by atoms with Gasteiger partial charge in [-0.3, -0.25) is 4.40 Å². The molecule has 8 rings (SSSR count). The van der Waals surface area contributed by atoms with E-state index in [1.807, 2.05) is 0 Å². The Labute approximate surface area is 259 Å². The lowest BCUT2D eigenvalue weighted by Gasteiger charge is -2.29.